The van der Waals surface area contributed by atoms with Crippen LogP contribution in [0, 0.1) is 0 Å². The molecule has 0 aliphatic carbocycles. The van der Waals surface area contributed by atoms with E-state index in [1.54, 1.807) is 0 Å². The first-order chi connectivity index (χ1) is 10.4. The van der Waals surface area contributed by atoms with Crippen LogP contribution < -0.4 is 5.32 Å². The summed E-state index contributed by atoms with van der Waals surface area (Å²) < 4.78 is 0. The van der Waals surface area contributed by atoms with E-state index in [9.17, 15) is 0 Å². The first-order valence-corrected chi connectivity index (χ1v) is 7.83. The van der Waals surface area contributed by atoms with Crippen molar-refractivity contribution in [3.8, 4) is 0 Å². The van der Waals surface area contributed by atoms with Crippen LogP contribution in [0.15, 0.2) is 42.6 Å². The van der Waals surface area contributed by atoms with Crippen molar-refractivity contribution in [1.29, 1.82) is 0 Å². The second-order valence-corrected chi connectivity index (χ2v) is 5.67. The highest BCUT2D eigenvalue weighted by atomic mass is 15.1. The fourth-order valence-corrected chi connectivity index (χ4v) is 2.90. The van der Waals surface area contributed by atoms with Crippen molar-refractivity contribution in [3.05, 3.63) is 59.3 Å². The van der Waals surface area contributed by atoms with Crippen LogP contribution in [0.3, 0.4) is 0 Å². The topological polar surface area (TPSA) is 28.2 Å². The van der Waals surface area contributed by atoms with Gasteiger partial charge in [-0.05, 0) is 30.0 Å². The summed E-state index contributed by atoms with van der Waals surface area (Å²) in [6, 6.07) is 13.0. The summed E-state index contributed by atoms with van der Waals surface area (Å²) in [5, 5.41) is 3.43. The van der Waals surface area contributed by atoms with Gasteiger partial charge in [-0.1, -0.05) is 37.3 Å². The zero-order valence-corrected chi connectivity index (χ0v) is 12.7. The lowest BCUT2D eigenvalue weighted by Crippen LogP contribution is -2.30. The highest BCUT2D eigenvalue weighted by Crippen LogP contribution is 2.22. The second-order valence-electron chi connectivity index (χ2n) is 5.67. The SMILES string of the molecule is CCCNc1ncccc1CN1CCc2ccccc2C1. The molecule has 0 radical (unpaired) electrons. The quantitative estimate of drug-likeness (QED) is 0.909. The summed E-state index contributed by atoms with van der Waals surface area (Å²) in [4.78, 5) is 7.00. The van der Waals surface area contributed by atoms with Gasteiger partial charge in [0, 0.05) is 37.9 Å². The molecule has 3 heteroatoms. The van der Waals surface area contributed by atoms with Gasteiger partial charge in [0.2, 0.25) is 0 Å². The molecule has 2 aromatic rings. The standard InChI is InChI=1S/C18H23N3/c1-2-10-19-18-17(8-5-11-20-18)14-21-12-9-15-6-3-4-7-16(15)13-21/h3-8,11H,2,9-10,12-14H2,1H3,(H,19,20). The van der Waals surface area contributed by atoms with Crippen LogP contribution in [0.2, 0.25) is 0 Å². The summed E-state index contributed by atoms with van der Waals surface area (Å²) in [5.74, 6) is 1.04. The Bertz CT molecular complexity index is 595. The number of aromatic nitrogens is 1. The summed E-state index contributed by atoms with van der Waals surface area (Å²) >= 11 is 0. The van der Waals surface area contributed by atoms with Gasteiger partial charge >= 0.3 is 0 Å². The molecule has 1 N–H and O–H groups in total. The van der Waals surface area contributed by atoms with Gasteiger partial charge < -0.3 is 5.32 Å². The highest BCUT2D eigenvalue weighted by Gasteiger charge is 2.16. The van der Waals surface area contributed by atoms with E-state index < -0.39 is 0 Å². The third-order valence-corrected chi connectivity index (χ3v) is 4.04. The molecule has 0 saturated heterocycles. The number of fused-ring (bicyclic) bond motifs is 1. The van der Waals surface area contributed by atoms with E-state index in [0.717, 1.165) is 44.8 Å². The molecule has 0 fully saturated rings. The fraction of sp³-hybridized carbons (Fsp3) is 0.389. The van der Waals surface area contributed by atoms with Crippen LogP contribution in [0.4, 0.5) is 5.82 Å². The van der Waals surface area contributed by atoms with Crippen LogP contribution in [-0.4, -0.2) is 23.0 Å². The molecule has 1 aliphatic heterocycles. The summed E-state index contributed by atoms with van der Waals surface area (Å²) in [5.41, 5.74) is 4.27. The van der Waals surface area contributed by atoms with Crippen molar-refractivity contribution in [3.63, 3.8) is 0 Å². The van der Waals surface area contributed by atoms with Gasteiger partial charge in [-0.3, -0.25) is 4.90 Å². The summed E-state index contributed by atoms with van der Waals surface area (Å²) in [6.07, 6.45) is 4.13. The summed E-state index contributed by atoms with van der Waals surface area (Å²) in [6.45, 7) is 6.29. The molecule has 0 spiro atoms. The maximum atomic E-state index is 4.49. The molecule has 0 atom stereocenters. The fourth-order valence-electron chi connectivity index (χ4n) is 2.90. The molecular weight excluding hydrogens is 258 g/mol. The van der Waals surface area contributed by atoms with E-state index in [1.807, 2.05) is 12.3 Å². The van der Waals surface area contributed by atoms with Crippen molar-refractivity contribution in [2.75, 3.05) is 18.4 Å². The van der Waals surface area contributed by atoms with Crippen LogP contribution in [-0.2, 0) is 19.5 Å². The number of benzene rings is 1. The zero-order valence-electron chi connectivity index (χ0n) is 12.7. The number of rotatable bonds is 5. The van der Waals surface area contributed by atoms with Crippen molar-refractivity contribution < 1.29 is 0 Å². The first-order valence-electron chi connectivity index (χ1n) is 7.83. The Balaban J connectivity index is 1.70. The van der Waals surface area contributed by atoms with Crippen LogP contribution in [0.25, 0.3) is 0 Å². The lowest BCUT2D eigenvalue weighted by atomic mass is 9.99. The average Bonchev–Trinajstić information content (AvgIpc) is 2.54. The van der Waals surface area contributed by atoms with E-state index in [4.69, 9.17) is 0 Å². The number of nitrogens with zero attached hydrogens (tertiary/aromatic N) is 2. The first kappa shape index (κ1) is 14.1. The molecule has 0 saturated carbocycles. The average molecular weight is 281 g/mol. The Kier molecular flexibility index (Phi) is 4.51. The maximum absolute atomic E-state index is 4.49. The molecule has 2 heterocycles. The number of hydrogen-bond donors (Lipinski definition) is 1. The zero-order chi connectivity index (χ0) is 14.5. The highest BCUT2D eigenvalue weighted by molar-refractivity contribution is 5.43. The molecule has 3 rings (SSSR count). The van der Waals surface area contributed by atoms with Crippen molar-refractivity contribution in [1.82, 2.24) is 9.88 Å². The maximum Gasteiger partial charge on any atom is 0.130 e. The number of hydrogen-bond acceptors (Lipinski definition) is 3. The number of pyridine rings is 1. The molecule has 1 aliphatic rings. The predicted octanol–water partition coefficient (Wildman–Crippen LogP) is 3.46. The Hall–Kier alpha value is -1.87. The molecule has 1 aromatic carbocycles. The summed E-state index contributed by atoms with van der Waals surface area (Å²) in [7, 11) is 0. The minimum atomic E-state index is 0.966. The smallest absolute Gasteiger partial charge is 0.130 e. The van der Waals surface area contributed by atoms with Gasteiger partial charge in [0.05, 0.1) is 0 Å². The lowest BCUT2D eigenvalue weighted by Gasteiger charge is -2.29. The Morgan fingerprint density at radius 2 is 2.00 bits per heavy atom. The molecule has 110 valence electrons. The molecule has 0 amide bonds. The number of nitrogens with one attached hydrogen (secondary N) is 1. The molecule has 0 unspecified atom stereocenters. The molecular formula is C18H23N3. The van der Waals surface area contributed by atoms with Gasteiger partial charge in [-0.2, -0.15) is 0 Å². The second kappa shape index (κ2) is 6.72. The van der Waals surface area contributed by atoms with Crippen molar-refractivity contribution in [2.45, 2.75) is 32.9 Å². The normalized spacial score (nSPS) is 14.7. The molecule has 0 bridgehead atoms. The van der Waals surface area contributed by atoms with Crippen molar-refractivity contribution >= 4 is 5.82 Å². The van der Waals surface area contributed by atoms with Crippen molar-refractivity contribution in [2.24, 2.45) is 0 Å². The van der Waals surface area contributed by atoms with Gasteiger partial charge in [0.1, 0.15) is 5.82 Å². The van der Waals surface area contributed by atoms with Crippen LogP contribution in [0.5, 0.6) is 0 Å². The monoisotopic (exact) mass is 281 g/mol. The van der Waals surface area contributed by atoms with E-state index in [0.29, 0.717) is 0 Å². The molecule has 1 aromatic heterocycles. The Labute approximate surface area is 127 Å². The van der Waals surface area contributed by atoms with E-state index >= 15 is 0 Å². The van der Waals surface area contributed by atoms with E-state index in [1.165, 1.54) is 16.7 Å². The van der Waals surface area contributed by atoms with Gasteiger partial charge in [-0.25, -0.2) is 4.98 Å². The lowest BCUT2D eigenvalue weighted by molar-refractivity contribution is 0.245. The van der Waals surface area contributed by atoms with Gasteiger partial charge in [0.25, 0.3) is 0 Å². The molecule has 3 nitrogen and oxygen atoms in total. The largest absolute Gasteiger partial charge is 0.370 e. The van der Waals surface area contributed by atoms with Gasteiger partial charge in [0.15, 0.2) is 0 Å². The van der Waals surface area contributed by atoms with E-state index in [2.05, 4.69) is 52.5 Å². The number of anilines is 1. The van der Waals surface area contributed by atoms with E-state index in [-0.39, 0.29) is 0 Å². The third kappa shape index (κ3) is 3.42. The van der Waals surface area contributed by atoms with Crippen LogP contribution in [0.1, 0.15) is 30.0 Å². The Morgan fingerprint density at radius 3 is 2.86 bits per heavy atom. The van der Waals surface area contributed by atoms with Gasteiger partial charge in [-0.15, -0.1) is 0 Å². The third-order valence-electron chi connectivity index (χ3n) is 4.04. The predicted molar refractivity (Wildman–Crippen MR) is 87.3 cm³/mol. The van der Waals surface area contributed by atoms with Crippen LogP contribution >= 0.6 is 0 Å². The minimum absolute atomic E-state index is 0.966. The Morgan fingerprint density at radius 1 is 1.14 bits per heavy atom. The minimum Gasteiger partial charge on any atom is -0.370 e. The molecule has 21 heavy (non-hydrogen) atoms.